The fourth-order valence-electron chi connectivity index (χ4n) is 1.36. The third-order valence-electron chi connectivity index (χ3n) is 2.22. The van der Waals surface area contributed by atoms with Gasteiger partial charge in [-0.25, -0.2) is 0 Å². The average Bonchev–Trinajstić information content (AvgIpc) is 2.27. The maximum Gasteiger partial charge on any atom is 0.573 e. The lowest BCUT2D eigenvalue weighted by molar-refractivity contribution is -0.274. The van der Waals surface area contributed by atoms with Crippen molar-refractivity contribution in [2.45, 2.75) is 25.0 Å². The van der Waals surface area contributed by atoms with E-state index in [0.717, 1.165) is 12.1 Å². The Labute approximate surface area is 107 Å². The highest BCUT2D eigenvalue weighted by molar-refractivity contribution is 6.17. The van der Waals surface area contributed by atoms with Crippen molar-refractivity contribution < 1.29 is 28.1 Å². The zero-order valence-electron chi connectivity index (χ0n) is 9.19. The Morgan fingerprint density at radius 3 is 2.17 bits per heavy atom. The highest BCUT2D eigenvalue weighted by Gasteiger charge is 2.31. The molecule has 0 bridgehead atoms. The molecule has 1 aromatic rings. The van der Waals surface area contributed by atoms with Gasteiger partial charge in [0.05, 0.1) is 6.10 Å². The van der Waals surface area contributed by atoms with Gasteiger partial charge in [-0.05, 0) is 24.1 Å². The largest absolute Gasteiger partial charge is 0.573 e. The molecular weight excluding hydrogens is 273 g/mol. The molecular formula is C11H12ClF3O3. The Morgan fingerprint density at radius 1 is 1.17 bits per heavy atom. The first-order valence-electron chi connectivity index (χ1n) is 5.11. The lowest BCUT2D eigenvalue weighted by Gasteiger charge is -2.17. The first-order valence-corrected chi connectivity index (χ1v) is 5.65. The second-order valence-corrected chi connectivity index (χ2v) is 3.98. The number of alkyl halides is 4. The van der Waals surface area contributed by atoms with Crippen LogP contribution in [0.2, 0.25) is 0 Å². The van der Waals surface area contributed by atoms with Crippen LogP contribution in [0.3, 0.4) is 0 Å². The van der Waals surface area contributed by atoms with Gasteiger partial charge in [-0.2, -0.15) is 0 Å². The molecule has 102 valence electrons. The minimum atomic E-state index is -4.75. The molecule has 0 spiro atoms. The Hall–Kier alpha value is -0.980. The van der Waals surface area contributed by atoms with Gasteiger partial charge in [-0.3, -0.25) is 0 Å². The molecule has 0 aliphatic heterocycles. The van der Waals surface area contributed by atoms with Gasteiger partial charge in [0.25, 0.3) is 0 Å². The van der Waals surface area contributed by atoms with E-state index in [9.17, 15) is 23.4 Å². The molecule has 18 heavy (non-hydrogen) atoms. The standard InChI is InChI=1S/C11H12ClF3O3/c12-6-5-9(16)10(17)7-1-3-8(4-2-7)18-11(13,14)15/h1-4,9-10,16-17H,5-6H2. The maximum atomic E-state index is 11.9. The number of aliphatic hydroxyl groups is 2. The van der Waals surface area contributed by atoms with Crippen LogP contribution in [-0.2, 0) is 0 Å². The second kappa shape index (κ2) is 6.26. The highest BCUT2D eigenvalue weighted by atomic mass is 35.5. The number of halogens is 4. The number of rotatable bonds is 5. The molecule has 3 nitrogen and oxygen atoms in total. The van der Waals surface area contributed by atoms with Gasteiger partial charge in [-0.1, -0.05) is 12.1 Å². The molecule has 2 atom stereocenters. The topological polar surface area (TPSA) is 49.7 Å². The fourth-order valence-corrected chi connectivity index (χ4v) is 1.58. The predicted molar refractivity (Wildman–Crippen MR) is 59.4 cm³/mol. The van der Waals surface area contributed by atoms with E-state index < -0.39 is 18.6 Å². The summed E-state index contributed by atoms with van der Waals surface area (Å²) in [7, 11) is 0. The summed E-state index contributed by atoms with van der Waals surface area (Å²) in [6, 6.07) is 4.64. The molecule has 0 saturated heterocycles. The van der Waals surface area contributed by atoms with E-state index >= 15 is 0 Å². The van der Waals surface area contributed by atoms with E-state index in [0.29, 0.717) is 5.56 Å². The summed E-state index contributed by atoms with van der Waals surface area (Å²) in [4.78, 5) is 0. The molecule has 0 aliphatic carbocycles. The number of hydrogen-bond acceptors (Lipinski definition) is 3. The summed E-state index contributed by atoms with van der Waals surface area (Å²) in [5, 5.41) is 19.2. The summed E-state index contributed by atoms with van der Waals surface area (Å²) < 4.78 is 39.4. The zero-order valence-corrected chi connectivity index (χ0v) is 9.95. The highest BCUT2D eigenvalue weighted by Crippen LogP contribution is 2.25. The number of ether oxygens (including phenoxy) is 1. The van der Waals surface area contributed by atoms with Gasteiger partial charge in [0.15, 0.2) is 0 Å². The smallest absolute Gasteiger partial charge is 0.406 e. The van der Waals surface area contributed by atoms with Gasteiger partial charge in [0.1, 0.15) is 11.9 Å². The normalized spacial score (nSPS) is 15.2. The van der Waals surface area contributed by atoms with Crippen LogP contribution >= 0.6 is 11.6 Å². The van der Waals surface area contributed by atoms with E-state index in [1.807, 2.05) is 0 Å². The molecule has 0 amide bonds. The van der Waals surface area contributed by atoms with E-state index in [1.54, 1.807) is 0 Å². The summed E-state index contributed by atoms with van der Waals surface area (Å²) in [6.45, 7) is 0. The molecule has 0 saturated carbocycles. The van der Waals surface area contributed by atoms with Gasteiger partial charge in [-0.15, -0.1) is 24.8 Å². The Balaban J connectivity index is 2.70. The number of benzene rings is 1. The van der Waals surface area contributed by atoms with E-state index in [2.05, 4.69) is 4.74 Å². The first kappa shape index (κ1) is 15.1. The first-order chi connectivity index (χ1) is 8.33. The number of hydrogen-bond donors (Lipinski definition) is 2. The predicted octanol–water partition coefficient (Wildman–Crippen LogP) is 2.61. The van der Waals surface area contributed by atoms with E-state index in [1.165, 1.54) is 12.1 Å². The van der Waals surface area contributed by atoms with Crippen molar-refractivity contribution >= 4 is 11.6 Å². The van der Waals surface area contributed by atoms with Crippen molar-refractivity contribution in [3.8, 4) is 5.75 Å². The molecule has 0 fully saturated rings. The second-order valence-electron chi connectivity index (χ2n) is 3.61. The zero-order chi connectivity index (χ0) is 13.8. The van der Waals surface area contributed by atoms with Crippen molar-refractivity contribution in [3.05, 3.63) is 29.8 Å². The van der Waals surface area contributed by atoms with Crippen molar-refractivity contribution in [1.29, 1.82) is 0 Å². The van der Waals surface area contributed by atoms with Crippen LogP contribution in [0.1, 0.15) is 18.1 Å². The van der Waals surface area contributed by atoms with Gasteiger partial charge in [0, 0.05) is 5.88 Å². The molecule has 0 aliphatic rings. The molecule has 1 aromatic carbocycles. The molecule has 7 heteroatoms. The van der Waals surface area contributed by atoms with Crippen LogP contribution < -0.4 is 4.74 Å². The van der Waals surface area contributed by atoms with Gasteiger partial charge >= 0.3 is 6.36 Å². The molecule has 0 radical (unpaired) electrons. The van der Waals surface area contributed by atoms with Crippen LogP contribution in [-0.4, -0.2) is 28.6 Å². The van der Waals surface area contributed by atoms with Crippen molar-refractivity contribution in [2.24, 2.45) is 0 Å². The Bertz CT molecular complexity index is 367. The minimum Gasteiger partial charge on any atom is -0.406 e. The van der Waals surface area contributed by atoms with Crippen molar-refractivity contribution in [3.63, 3.8) is 0 Å². The lowest BCUT2D eigenvalue weighted by atomic mass is 10.0. The minimum absolute atomic E-state index is 0.174. The van der Waals surface area contributed by atoms with E-state index in [-0.39, 0.29) is 18.1 Å². The molecule has 1 rings (SSSR count). The lowest BCUT2D eigenvalue weighted by Crippen LogP contribution is -2.19. The van der Waals surface area contributed by atoms with Gasteiger partial charge in [0.2, 0.25) is 0 Å². The average molecular weight is 285 g/mol. The van der Waals surface area contributed by atoms with Crippen LogP contribution in [0.4, 0.5) is 13.2 Å². The molecule has 2 N–H and O–H groups in total. The summed E-state index contributed by atoms with van der Waals surface area (Å²) >= 11 is 5.41. The molecule has 0 heterocycles. The SMILES string of the molecule is OC(CCCl)C(O)c1ccc(OC(F)(F)F)cc1. The van der Waals surface area contributed by atoms with E-state index in [4.69, 9.17) is 11.6 Å². The molecule has 2 unspecified atom stereocenters. The summed E-state index contributed by atoms with van der Waals surface area (Å²) in [5.74, 6) is -0.210. The third-order valence-corrected chi connectivity index (χ3v) is 2.44. The Kier molecular flexibility index (Phi) is 5.25. The van der Waals surface area contributed by atoms with Crippen molar-refractivity contribution in [1.82, 2.24) is 0 Å². The number of aliphatic hydroxyl groups excluding tert-OH is 2. The quantitative estimate of drug-likeness (QED) is 0.817. The molecule has 0 aromatic heterocycles. The van der Waals surface area contributed by atoms with Crippen LogP contribution in [0.5, 0.6) is 5.75 Å². The monoisotopic (exact) mass is 284 g/mol. The van der Waals surface area contributed by atoms with Gasteiger partial charge < -0.3 is 14.9 Å². The van der Waals surface area contributed by atoms with Crippen LogP contribution in [0, 0.1) is 0 Å². The maximum absolute atomic E-state index is 11.9. The van der Waals surface area contributed by atoms with Crippen molar-refractivity contribution in [2.75, 3.05) is 5.88 Å². The van der Waals surface area contributed by atoms with Crippen LogP contribution in [0.25, 0.3) is 0 Å². The fraction of sp³-hybridized carbons (Fsp3) is 0.455. The summed E-state index contributed by atoms with van der Waals surface area (Å²) in [5.41, 5.74) is 0.294. The Morgan fingerprint density at radius 2 is 1.72 bits per heavy atom. The summed E-state index contributed by atoms with van der Waals surface area (Å²) in [6.07, 6.45) is -6.82. The third kappa shape index (κ3) is 4.72. The van der Waals surface area contributed by atoms with Crippen LogP contribution in [0.15, 0.2) is 24.3 Å².